The molecule has 1 N–H and O–H groups in total. The number of hydrogen-bond donors (Lipinski definition) is 1. The Morgan fingerprint density at radius 1 is 0.925 bits per heavy atom. The number of rotatable bonds is 11. The average Bonchev–Trinajstić information content (AvgIpc) is 3.49. The number of nitrogens with one attached hydrogen (secondary N) is 1. The standard InChI is InChI=1S/C28H33N3O7S2/c1-4-38-27-10-6-5-9-25(27)31(40(35,36)22-13-11-21(2)12-14-22)20-28(32)29-24-19-23(15-16-26(24)37-3)39(33,34)30-17-7-8-18-30/h5-6,9-16,19H,4,7-8,17-18,20H2,1-3H3,(H,29,32). The van der Waals surface area contributed by atoms with Crippen molar-refractivity contribution in [3.05, 3.63) is 72.3 Å². The van der Waals surface area contributed by atoms with Crippen molar-refractivity contribution in [3.8, 4) is 11.5 Å². The Hall–Kier alpha value is -3.61. The maximum Gasteiger partial charge on any atom is 0.264 e. The van der Waals surface area contributed by atoms with Gasteiger partial charge in [-0.1, -0.05) is 29.8 Å². The van der Waals surface area contributed by atoms with Gasteiger partial charge in [0.2, 0.25) is 15.9 Å². The number of carbonyl (C=O) groups is 1. The van der Waals surface area contributed by atoms with Crippen molar-refractivity contribution >= 4 is 37.3 Å². The van der Waals surface area contributed by atoms with Gasteiger partial charge in [0.25, 0.3) is 10.0 Å². The van der Waals surface area contributed by atoms with Crippen LogP contribution in [-0.4, -0.2) is 60.4 Å². The van der Waals surface area contributed by atoms with Gasteiger partial charge in [-0.25, -0.2) is 16.8 Å². The molecule has 0 aliphatic carbocycles. The molecule has 1 fully saturated rings. The molecule has 3 aromatic carbocycles. The third-order valence-electron chi connectivity index (χ3n) is 6.48. The minimum atomic E-state index is -4.20. The summed E-state index contributed by atoms with van der Waals surface area (Å²) in [6, 6.07) is 17.1. The van der Waals surface area contributed by atoms with Gasteiger partial charge in [-0.2, -0.15) is 4.31 Å². The van der Waals surface area contributed by atoms with E-state index in [1.165, 1.54) is 41.7 Å². The average molecular weight is 588 g/mol. The fraction of sp³-hybridized carbons (Fsp3) is 0.321. The first-order valence-electron chi connectivity index (χ1n) is 12.9. The predicted molar refractivity (Wildman–Crippen MR) is 153 cm³/mol. The van der Waals surface area contributed by atoms with E-state index >= 15 is 0 Å². The zero-order chi connectivity index (χ0) is 28.9. The van der Waals surface area contributed by atoms with E-state index in [9.17, 15) is 21.6 Å². The van der Waals surface area contributed by atoms with Crippen LogP contribution in [0.2, 0.25) is 0 Å². The van der Waals surface area contributed by atoms with Gasteiger partial charge in [-0.05, 0) is 69.2 Å². The summed E-state index contributed by atoms with van der Waals surface area (Å²) >= 11 is 0. The monoisotopic (exact) mass is 587 g/mol. The summed E-state index contributed by atoms with van der Waals surface area (Å²) in [5.74, 6) is -0.169. The molecule has 40 heavy (non-hydrogen) atoms. The molecule has 4 rings (SSSR count). The van der Waals surface area contributed by atoms with Crippen LogP contribution in [0.25, 0.3) is 0 Å². The molecule has 0 radical (unpaired) electrons. The third kappa shape index (κ3) is 6.24. The van der Waals surface area contributed by atoms with E-state index in [-0.39, 0.29) is 33.5 Å². The highest BCUT2D eigenvalue weighted by Gasteiger charge is 2.31. The number of nitrogens with zero attached hydrogens (tertiary/aromatic N) is 2. The van der Waals surface area contributed by atoms with Crippen LogP contribution in [0.1, 0.15) is 25.3 Å². The highest BCUT2D eigenvalue weighted by molar-refractivity contribution is 7.93. The Kier molecular flexibility index (Phi) is 9.02. The number of methoxy groups -OCH3 is 1. The zero-order valence-corrected chi connectivity index (χ0v) is 24.3. The minimum Gasteiger partial charge on any atom is -0.495 e. The van der Waals surface area contributed by atoms with Crippen molar-refractivity contribution in [1.29, 1.82) is 0 Å². The fourth-order valence-corrected chi connectivity index (χ4v) is 7.40. The molecule has 1 amide bonds. The summed E-state index contributed by atoms with van der Waals surface area (Å²) in [5.41, 5.74) is 1.18. The van der Waals surface area contributed by atoms with Gasteiger partial charge in [0, 0.05) is 13.1 Å². The quantitative estimate of drug-likeness (QED) is 0.360. The van der Waals surface area contributed by atoms with E-state index in [0.29, 0.717) is 18.8 Å². The first kappa shape index (κ1) is 29.4. The summed E-state index contributed by atoms with van der Waals surface area (Å²) in [4.78, 5) is 13.4. The number of sulfonamides is 2. The molecule has 1 heterocycles. The van der Waals surface area contributed by atoms with Crippen LogP contribution in [-0.2, 0) is 24.8 Å². The summed E-state index contributed by atoms with van der Waals surface area (Å²) in [5, 5.41) is 2.66. The number of amides is 1. The molecule has 1 saturated heterocycles. The highest BCUT2D eigenvalue weighted by Crippen LogP contribution is 2.34. The van der Waals surface area contributed by atoms with E-state index in [4.69, 9.17) is 9.47 Å². The molecular weight excluding hydrogens is 554 g/mol. The summed E-state index contributed by atoms with van der Waals surface area (Å²) in [6.07, 6.45) is 1.57. The van der Waals surface area contributed by atoms with Gasteiger partial charge in [-0.3, -0.25) is 9.10 Å². The molecule has 0 aromatic heterocycles. The lowest BCUT2D eigenvalue weighted by molar-refractivity contribution is -0.114. The molecule has 3 aromatic rings. The molecule has 0 saturated carbocycles. The molecular formula is C28H33N3O7S2. The van der Waals surface area contributed by atoms with E-state index in [2.05, 4.69) is 5.32 Å². The second kappa shape index (κ2) is 12.3. The topological polar surface area (TPSA) is 122 Å². The van der Waals surface area contributed by atoms with Gasteiger partial charge >= 0.3 is 0 Å². The lowest BCUT2D eigenvalue weighted by Gasteiger charge is -2.26. The first-order valence-corrected chi connectivity index (χ1v) is 15.7. The molecule has 214 valence electrons. The number of hydrogen-bond acceptors (Lipinski definition) is 7. The van der Waals surface area contributed by atoms with Crippen LogP contribution in [0.15, 0.2) is 76.5 Å². The Morgan fingerprint density at radius 2 is 1.57 bits per heavy atom. The van der Waals surface area contributed by atoms with Crippen LogP contribution >= 0.6 is 0 Å². The van der Waals surface area contributed by atoms with Crippen molar-refractivity contribution in [3.63, 3.8) is 0 Å². The van der Waals surface area contributed by atoms with E-state index in [0.717, 1.165) is 22.7 Å². The number of ether oxygens (including phenoxy) is 2. The van der Waals surface area contributed by atoms with Gasteiger partial charge in [-0.15, -0.1) is 0 Å². The lowest BCUT2D eigenvalue weighted by Crippen LogP contribution is -2.38. The maximum absolute atomic E-state index is 13.8. The summed E-state index contributed by atoms with van der Waals surface area (Å²) < 4.78 is 67.3. The van der Waals surface area contributed by atoms with Crippen LogP contribution in [0.5, 0.6) is 11.5 Å². The van der Waals surface area contributed by atoms with Crippen molar-refractivity contribution in [2.45, 2.75) is 36.5 Å². The Labute approximate surface area is 235 Å². The van der Waals surface area contributed by atoms with E-state index in [1.54, 1.807) is 43.3 Å². The third-order valence-corrected chi connectivity index (χ3v) is 10.1. The Morgan fingerprint density at radius 3 is 2.23 bits per heavy atom. The largest absolute Gasteiger partial charge is 0.495 e. The Balaban J connectivity index is 1.70. The predicted octanol–water partition coefficient (Wildman–Crippen LogP) is 4.02. The van der Waals surface area contributed by atoms with Gasteiger partial charge in [0.05, 0.1) is 34.9 Å². The van der Waals surface area contributed by atoms with Gasteiger partial charge in [0.15, 0.2) is 0 Å². The molecule has 1 aliphatic rings. The normalized spacial score (nSPS) is 14.1. The van der Waals surface area contributed by atoms with Gasteiger partial charge < -0.3 is 14.8 Å². The fourth-order valence-electron chi connectivity index (χ4n) is 4.42. The van der Waals surface area contributed by atoms with Crippen LogP contribution in [0.3, 0.4) is 0 Å². The van der Waals surface area contributed by atoms with Crippen LogP contribution in [0, 0.1) is 6.92 Å². The number of para-hydroxylation sites is 2. The van der Waals surface area contributed by atoms with Crippen LogP contribution < -0.4 is 19.1 Å². The Bertz CT molecular complexity index is 1570. The minimum absolute atomic E-state index is 0.00786. The van der Waals surface area contributed by atoms with Crippen LogP contribution in [0.4, 0.5) is 11.4 Å². The highest BCUT2D eigenvalue weighted by atomic mass is 32.2. The van der Waals surface area contributed by atoms with Crippen molar-refractivity contribution in [2.75, 3.05) is 43.0 Å². The molecule has 0 spiro atoms. The second-order valence-electron chi connectivity index (χ2n) is 9.25. The number of carbonyl (C=O) groups excluding carboxylic acids is 1. The molecule has 12 heteroatoms. The second-order valence-corrected chi connectivity index (χ2v) is 13.0. The number of benzene rings is 3. The zero-order valence-electron chi connectivity index (χ0n) is 22.7. The lowest BCUT2D eigenvalue weighted by atomic mass is 10.2. The van der Waals surface area contributed by atoms with Gasteiger partial charge in [0.1, 0.15) is 18.0 Å². The number of aryl methyl sites for hydroxylation is 1. The summed E-state index contributed by atoms with van der Waals surface area (Å²) in [6.45, 7) is 4.17. The number of anilines is 2. The molecule has 0 bridgehead atoms. The SMILES string of the molecule is CCOc1ccccc1N(CC(=O)Nc1cc(S(=O)(=O)N2CCCC2)ccc1OC)S(=O)(=O)c1ccc(C)cc1. The molecule has 10 nitrogen and oxygen atoms in total. The maximum atomic E-state index is 13.8. The molecule has 0 atom stereocenters. The van der Waals surface area contributed by atoms with Crippen molar-refractivity contribution in [2.24, 2.45) is 0 Å². The van der Waals surface area contributed by atoms with E-state index in [1.807, 2.05) is 6.92 Å². The molecule has 1 aliphatic heterocycles. The van der Waals surface area contributed by atoms with E-state index < -0.39 is 32.5 Å². The summed E-state index contributed by atoms with van der Waals surface area (Å²) in [7, 11) is -6.56. The van der Waals surface area contributed by atoms with Crippen molar-refractivity contribution in [1.82, 2.24) is 4.31 Å². The first-order chi connectivity index (χ1) is 19.1. The molecule has 0 unspecified atom stereocenters. The smallest absolute Gasteiger partial charge is 0.264 e. The van der Waals surface area contributed by atoms with Crippen molar-refractivity contribution < 1.29 is 31.1 Å².